The van der Waals surface area contributed by atoms with E-state index >= 15 is 0 Å². The van der Waals surface area contributed by atoms with Gasteiger partial charge in [0.15, 0.2) is 0 Å². The summed E-state index contributed by atoms with van der Waals surface area (Å²) in [6.45, 7) is 1.97. The predicted octanol–water partition coefficient (Wildman–Crippen LogP) is 0.768. The van der Waals surface area contributed by atoms with Crippen LogP contribution in [-0.4, -0.2) is 25.4 Å². The van der Waals surface area contributed by atoms with Crippen molar-refractivity contribution in [1.82, 2.24) is 25.4 Å². The molecule has 0 amide bonds. The fourth-order valence-electron chi connectivity index (χ4n) is 1.09. The van der Waals surface area contributed by atoms with Crippen molar-refractivity contribution in [2.24, 2.45) is 0 Å². The van der Waals surface area contributed by atoms with Gasteiger partial charge in [-0.1, -0.05) is 0 Å². The molecule has 2 N–H and O–H groups in total. The lowest BCUT2D eigenvalue weighted by molar-refractivity contribution is 0.784. The fraction of sp³-hybridized carbons (Fsp3) is 0.250. The highest BCUT2D eigenvalue weighted by molar-refractivity contribution is 5.33. The molecule has 14 heavy (non-hydrogen) atoms. The maximum Gasteiger partial charge on any atom is 0.149 e. The van der Waals surface area contributed by atoms with E-state index < -0.39 is 0 Å². The van der Waals surface area contributed by atoms with Gasteiger partial charge in [-0.05, 0) is 19.1 Å². The molecule has 1 atom stereocenters. The van der Waals surface area contributed by atoms with E-state index in [1.54, 1.807) is 6.20 Å². The van der Waals surface area contributed by atoms with Crippen LogP contribution in [0.2, 0.25) is 0 Å². The second-order valence-corrected chi connectivity index (χ2v) is 2.85. The number of hydrogen-bond acceptors (Lipinski definition) is 5. The fourth-order valence-corrected chi connectivity index (χ4v) is 1.09. The lowest BCUT2D eigenvalue weighted by atomic mass is 10.3. The van der Waals surface area contributed by atoms with Gasteiger partial charge < -0.3 is 5.32 Å². The van der Waals surface area contributed by atoms with E-state index in [1.165, 1.54) is 6.33 Å². The number of rotatable bonds is 3. The van der Waals surface area contributed by atoms with Crippen molar-refractivity contribution >= 4 is 5.82 Å². The standard InChI is InChI=1S/C8H10N6/c1-6(8-9-5-11-14-8)12-7-3-2-4-10-13-7/h2-6H,1H3,(H,12,13)(H,9,11,14). The van der Waals surface area contributed by atoms with Crippen LogP contribution in [0.4, 0.5) is 5.82 Å². The Hall–Kier alpha value is -1.98. The van der Waals surface area contributed by atoms with Gasteiger partial charge in [-0.25, -0.2) is 4.98 Å². The average molecular weight is 190 g/mol. The van der Waals surface area contributed by atoms with Crippen molar-refractivity contribution in [3.63, 3.8) is 0 Å². The van der Waals surface area contributed by atoms with Crippen LogP contribution in [0.15, 0.2) is 24.7 Å². The Morgan fingerprint density at radius 3 is 3.07 bits per heavy atom. The van der Waals surface area contributed by atoms with Gasteiger partial charge in [0.1, 0.15) is 18.0 Å². The van der Waals surface area contributed by atoms with Crippen LogP contribution in [-0.2, 0) is 0 Å². The van der Waals surface area contributed by atoms with Gasteiger partial charge in [0.05, 0.1) is 6.04 Å². The lowest BCUT2D eigenvalue weighted by Gasteiger charge is -2.09. The number of aromatic nitrogens is 5. The largest absolute Gasteiger partial charge is 0.359 e. The highest BCUT2D eigenvalue weighted by Crippen LogP contribution is 2.11. The van der Waals surface area contributed by atoms with Gasteiger partial charge in [-0.2, -0.15) is 10.2 Å². The summed E-state index contributed by atoms with van der Waals surface area (Å²) < 4.78 is 0. The molecule has 0 saturated heterocycles. The number of hydrogen-bond donors (Lipinski definition) is 2. The maximum atomic E-state index is 4.03. The molecule has 2 aromatic heterocycles. The summed E-state index contributed by atoms with van der Waals surface area (Å²) in [6, 6.07) is 3.71. The molecule has 0 aromatic carbocycles. The van der Waals surface area contributed by atoms with Crippen molar-refractivity contribution in [2.45, 2.75) is 13.0 Å². The van der Waals surface area contributed by atoms with E-state index in [0.717, 1.165) is 11.6 Å². The quantitative estimate of drug-likeness (QED) is 0.747. The van der Waals surface area contributed by atoms with Crippen LogP contribution in [0.3, 0.4) is 0 Å². The van der Waals surface area contributed by atoms with Crippen molar-refractivity contribution in [3.05, 3.63) is 30.5 Å². The van der Waals surface area contributed by atoms with Crippen LogP contribution in [0.1, 0.15) is 18.8 Å². The van der Waals surface area contributed by atoms with Crippen molar-refractivity contribution in [2.75, 3.05) is 5.32 Å². The Morgan fingerprint density at radius 2 is 2.43 bits per heavy atom. The zero-order valence-electron chi connectivity index (χ0n) is 7.68. The zero-order valence-corrected chi connectivity index (χ0v) is 7.68. The summed E-state index contributed by atoms with van der Waals surface area (Å²) in [5, 5.41) is 17.4. The first kappa shape index (κ1) is 8.61. The first-order valence-corrected chi connectivity index (χ1v) is 4.26. The molecule has 6 nitrogen and oxygen atoms in total. The molecule has 1 unspecified atom stereocenters. The van der Waals surface area contributed by atoms with Gasteiger partial charge in [0, 0.05) is 6.20 Å². The number of H-pyrrole nitrogens is 1. The van der Waals surface area contributed by atoms with E-state index in [0.29, 0.717) is 0 Å². The first-order valence-electron chi connectivity index (χ1n) is 4.26. The average Bonchev–Trinajstić information content (AvgIpc) is 2.72. The Kier molecular flexibility index (Phi) is 2.35. The summed E-state index contributed by atoms with van der Waals surface area (Å²) in [5.41, 5.74) is 0. The minimum absolute atomic E-state index is 0.0363. The van der Waals surface area contributed by atoms with Gasteiger partial charge in [-0.3, -0.25) is 5.10 Å². The molecule has 6 heteroatoms. The summed E-state index contributed by atoms with van der Waals surface area (Å²) in [7, 11) is 0. The van der Waals surface area contributed by atoms with Gasteiger partial charge >= 0.3 is 0 Å². The second-order valence-electron chi connectivity index (χ2n) is 2.85. The Balaban J connectivity index is 2.06. The molecule has 0 aliphatic rings. The number of aromatic amines is 1. The minimum atomic E-state index is 0.0363. The van der Waals surface area contributed by atoms with E-state index in [9.17, 15) is 0 Å². The summed E-state index contributed by atoms with van der Waals surface area (Å²) in [4.78, 5) is 4.03. The summed E-state index contributed by atoms with van der Waals surface area (Å²) in [6.07, 6.45) is 3.11. The number of nitrogens with one attached hydrogen (secondary N) is 2. The monoisotopic (exact) mass is 190 g/mol. The molecular weight excluding hydrogens is 180 g/mol. The predicted molar refractivity (Wildman–Crippen MR) is 50.5 cm³/mol. The normalized spacial score (nSPS) is 12.4. The van der Waals surface area contributed by atoms with Gasteiger partial charge in [-0.15, -0.1) is 5.10 Å². The first-order chi connectivity index (χ1) is 6.86. The third-order valence-corrected chi connectivity index (χ3v) is 1.78. The molecule has 2 rings (SSSR count). The van der Waals surface area contributed by atoms with E-state index in [2.05, 4.69) is 30.7 Å². The second kappa shape index (κ2) is 3.82. The topological polar surface area (TPSA) is 79.4 Å². The van der Waals surface area contributed by atoms with E-state index in [4.69, 9.17) is 0 Å². The van der Waals surface area contributed by atoms with Crippen LogP contribution in [0.25, 0.3) is 0 Å². The van der Waals surface area contributed by atoms with Crippen molar-refractivity contribution < 1.29 is 0 Å². The maximum absolute atomic E-state index is 4.03. The molecule has 0 aliphatic carbocycles. The van der Waals surface area contributed by atoms with E-state index in [-0.39, 0.29) is 6.04 Å². The van der Waals surface area contributed by atoms with Crippen LogP contribution in [0, 0.1) is 0 Å². The number of nitrogens with zero attached hydrogens (tertiary/aromatic N) is 4. The van der Waals surface area contributed by atoms with Crippen LogP contribution < -0.4 is 5.32 Å². The van der Waals surface area contributed by atoms with Crippen LogP contribution >= 0.6 is 0 Å². The molecule has 0 spiro atoms. The molecule has 0 saturated carbocycles. The van der Waals surface area contributed by atoms with E-state index in [1.807, 2.05) is 19.1 Å². The summed E-state index contributed by atoms with van der Waals surface area (Å²) in [5.74, 6) is 1.49. The Labute approximate surface area is 80.8 Å². The molecule has 72 valence electrons. The third-order valence-electron chi connectivity index (χ3n) is 1.78. The SMILES string of the molecule is CC(Nc1cccnn1)c1ncn[nH]1. The zero-order chi connectivity index (χ0) is 9.80. The smallest absolute Gasteiger partial charge is 0.149 e. The minimum Gasteiger partial charge on any atom is -0.359 e. The molecular formula is C8H10N6. The molecule has 2 heterocycles. The van der Waals surface area contributed by atoms with Gasteiger partial charge in [0.25, 0.3) is 0 Å². The Morgan fingerprint density at radius 1 is 1.50 bits per heavy atom. The highest BCUT2D eigenvalue weighted by atomic mass is 15.2. The van der Waals surface area contributed by atoms with Crippen molar-refractivity contribution in [1.29, 1.82) is 0 Å². The third kappa shape index (κ3) is 1.85. The van der Waals surface area contributed by atoms with Crippen LogP contribution in [0.5, 0.6) is 0 Å². The molecule has 0 radical (unpaired) electrons. The highest BCUT2D eigenvalue weighted by Gasteiger charge is 2.07. The Bertz CT molecular complexity index is 370. The van der Waals surface area contributed by atoms with Crippen molar-refractivity contribution in [3.8, 4) is 0 Å². The number of anilines is 1. The van der Waals surface area contributed by atoms with Gasteiger partial charge in [0.2, 0.25) is 0 Å². The molecule has 0 aliphatic heterocycles. The summed E-state index contributed by atoms with van der Waals surface area (Å²) >= 11 is 0. The molecule has 0 fully saturated rings. The molecule has 2 aromatic rings. The molecule has 0 bridgehead atoms. The lowest BCUT2D eigenvalue weighted by Crippen LogP contribution is -2.09.